The van der Waals surface area contributed by atoms with Crippen LogP contribution in [0.4, 0.5) is 10.1 Å². The third-order valence-electron chi connectivity index (χ3n) is 3.39. The third kappa shape index (κ3) is 7.49. The Morgan fingerprint density at radius 1 is 1.04 bits per heavy atom. The SMILES string of the molecule is CCOc1ccc(OCCCC(=O)NNC(=S)Nc2ccccc2F)cc1. The molecule has 2 rings (SSSR count). The zero-order chi connectivity index (χ0) is 19.5. The predicted octanol–water partition coefficient (Wildman–Crippen LogP) is 3.40. The van der Waals surface area contributed by atoms with Crippen molar-refractivity contribution >= 4 is 28.9 Å². The molecule has 1 amide bonds. The maximum atomic E-state index is 13.5. The summed E-state index contributed by atoms with van der Waals surface area (Å²) >= 11 is 5.00. The van der Waals surface area contributed by atoms with Crippen molar-refractivity contribution in [1.82, 2.24) is 10.9 Å². The fourth-order valence-corrected chi connectivity index (χ4v) is 2.29. The molecule has 2 aromatic rings. The number of hydrazine groups is 1. The normalized spacial score (nSPS) is 10.0. The highest BCUT2D eigenvalue weighted by Crippen LogP contribution is 2.17. The molecule has 0 heterocycles. The summed E-state index contributed by atoms with van der Waals surface area (Å²) in [6.45, 7) is 2.94. The van der Waals surface area contributed by atoms with E-state index in [0.29, 0.717) is 25.4 Å². The topological polar surface area (TPSA) is 71.6 Å². The minimum absolute atomic E-state index is 0.0964. The van der Waals surface area contributed by atoms with Crippen molar-refractivity contribution in [2.45, 2.75) is 19.8 Å². The molecule has 0 radical (unpaired) electrons. The van der Waals surface area contributed by atoms with Crippen molar-refractivity contribution in [2.24, 2.45) is 0 Å². The highest BCUT2D eigenvalue weighted by atomic mass is 32.1. The van der Waals surface area contributed by atoms with Gasteiger partial charge >= 0.3 is 0 Å². The summed E-state index contributed by atoms with van der Waals surface area (Å²) in [7, 11) is 0. The number of hydrogen-bond acceptors (Lipinski definition) is 4. The summed E-state index contributed by atoms with van der Waals surface area (Å²) in [5.41, 5.74) is 5.22. The third-order valence-corrected chi connectivity index (χ3v) is 3.59. The van der Waals surface area contributed by atoms with Crippen molar-refractivity contribution < 1.29 is 18.7 Å². The summed E-state index contributed by atoms with van der Waals surface area (Å²) in [5.74, 6) is 0.824. The second-order valence-electron chi connectivity index (χ2n) is 5.46. The minimum atomic E-state index is -0.431. The Morgan fingerprint density at radius 3 is 2.37 bits per heavy atom. The molecule has 2 aromatic carbocycles. The van der Waals surface area contributed by atoms with Gasteiger partial charge in [0.2, 0.25) is 5.91 Å². The number of nitrogens with one attached hydrogen (secondary N) is 3. The molecule has 0 bridgehead atoms. The first-order valence-corrected chi connectivity index (χ1v) is 8.95. The van der Waals surface area contributed by atoms with Crippen molar-refractivity contribution in [3.63, 3.8) is 0 Å². The van der Waals surface area contributed by atoms with E-state index < -0.39 is 5.82 Å². The van der Waals surface area contributed by atoms with Gasteiger partial charge in [0, 0.05) is 6.42 Å². The summed E-state index contributed by atoms with van der Waals surface area (Å²) in [6, 6.07) is 13.4. The van der Waals surface area contributed by atoms with Crippen LogP contribution >= 0.6 is 12.2 Å². The zero-order valence-electron chi connectivity index (χ0n) is 15.0. The van der Waals surface area contributed by atoms with Gasteiger partial charge in [-0.05, 0) is 62.0 Å². The lowest BCUT2D eigenvalue weighted by Gasteiger charge is -2.12. The number of para-hydroxylation sites is 1. The minimum Gasteiger partial charge on any atom is -0.494 e. The van der Waals surface area contributed by atoms with E-state index in [1.807, 2.05) is 31.2 Å². The molecule has 0 atom stereocenters. The van der Waals surface area contributed by atoms with Gasteiger partial charge in [-0.25, -0.2) is 4.39 Å². The molecule has 0 unspecified atom stereocenters. The van der Waals surface area contributed by atoms with Crippen molar-refractivity contribution in [3.8, 4) is 11.5 Å². The zero-order valence-corrected chi connectivity index (χ0v) is 15.8. The Morgan fingerprint density at radius 2 is 1.70 bits per heavy atom. The average molecular weight is 391 g/mol. The second kappa shape index (κ2) is 11.0. The molecule has 0 saturated heterocycles. The number of thiocarbonyl (C=S) groups is 1. The maximum Gasteiger partial charge on any atom is 0.238 e. The highest BCUT2D eigenvalue weighted by Gasteiger charge is 2.05. The number of carbonyl (C=O) groups excluding carboxylic acids is 1. The number of rotatable bonds is 8. The first-order valence-electron chi connectivity index (χ1n) is 8.54. The fourth-order valence-electron chi connectivity index (χ4n) is 2.13. The molecule has 0 aliphatic carbocycles. The monoisotopic (exact) mass is 391 g/mol. The average Bonchev–Trinajstić information content (AvgIpc) is 2.67. The largest absolute Gasteiger partial charge is 0.494 e. The molecule has 0 aliphatic rings. The summed E-state index contributed by atoms with van der Waals surface area (Å²) in [6.07, 6.45) is 0.792. The van der Waals surface area contributed by atoms with Gasteiger partial charge in [0.25, 0.3) is 0 Å². The van der Waals surface area contributed by atoms with Gasteiger partial charge in [-0.15, -0.1) is 0 Å². The Kier molecular flexibility index (Phi) is 8.31. The van der Waals surface area contributed by atoms with Gasteiger partial charge in [-0.3, -0.25) is 15.6 Å². The molecule has 0 aromatic heterocycles. The van der Waals surface area contributed by atoms with E-state index in [-0.39, 0.29) is 23.1 Å². The molecule has 0 saturated carbocycles. The van der Waals surface area contributed by atoms with E-state index in [1.54, 1.807) is 18.2 Å². The van der Waals surface area contributed by atoms with Gasteiger partial charge in [0.05, 0.1) is 18.9 Å². The van der Waals surface area contributed by atoms with Crippen LogP contribution in [0.25, 0.3) is 0 Å². The molecule has 27 heavy (non-hydrogen) atoms. The lowest BCUT2D eigenvalue weighted by atomic mass is 10.3. The number of anilines is 1. The Labute approximate surface area is 163 Å². The Bertz CT molecular complexity index is 756. The summed E-state index contributed by atoms with van der Waals surface area (Å²) < 4.78 is 24.4. The predicted molar refractivity (Wildman–Crippen MR) is 106 cm³/mol. The lowest BCUT2D eigenvalue weighted by molar-refractivity contribution is -0.121. The van der Waals surface area contributed by atoms with Crippen LogP contribution in [0.3, 0.4) is 0 Å². The number of carbonyl (C=O) groups is 1. The van der Waals surface area contributed by atoms with Crippen LogP contribution < -0.4 is 25.6 Å². The van der Waals surface area contributed by atoms with Crippen molar-refractivity contribution in [1.29, 1.82) is 0 Å². The van der Waals surface area contributed by atoms with Crippen LogP contribution in [0.2, 0.25) is 0 Å². The maximum absolute atomic E-state index is 13.5. The van der Waals surface area contributed by atoms with Gasteiger partial charge < -0.3 is 14.8 Å². The van der Waals surface area contributed by atoms with E-state index >= 15 is 0 Å². The smallest absolute Gasteiger partial charge is 0.238 e. The van der Waals surface area contributed by atoms with E-state index in [1.165, 1.54) is 6.07 Å². The van der Waals surface area contributed by atoms with Crippen LogP contribution in [0.5, 0.6) is 11.5 Å². The molecule has 0 spiro atoms. The van der Waals surface area contributed by atoms with Crippen LogP contribution in [0.1, 0.15) is 19.8 Å². The molecule has 0 fully saturated rings. The number of halogens is 1. The summed E-state index contributed by atoms with van der Waals surface area (Å²) in [4.78, 5) is 11.8. The van der Waals surface area contributed by atoms with Gasteiger partial charge in [0.1, 0.15) is 17.3 Å². The number of ether oxygens (including phenoxy) is 2. The fraction of sp³-hybridized carbons (Fsp3) is 0.263. The molecule has 144 valence electrons. The highest BCUT2D eigenvalue weighted by molar-refractivity contribution is 7.80. The molecular formula is C19H22FN3O3S. The number of hydrogen-bond donors (Lipinski definition) is 3. The van der Waals surface area contributed by atoms with Crippen molar-refractivity contribution in [3.05, 3.63) is 54.3 Å². The van der Waals surface area contributed by atoms with Crippen LogP contribution in [-0.2, 0) is 4.79 Å². The molecule has 6 nitrogen and oxygen atoms in total. The Balaban J connectivity index is 1.60. The number of benzene rings is 2. The van der Waals surface area contributed by atoms with Crippen LogP contribution in [-0.4, -0.2) is 24.2 Å². The van der Waals surface area contributed by atoms with Crippen LogP contribution in [0.15, 0.2) is 48.5 Å². The molecule has 0 aliphatic heterocycles. The lowest BCUT2D eigenvalue weighted by Crippen LogP contribution is -2.43. The standard InChI is InChI=1S/C19H22FN3O3S/c1-2-25-14-9-11-15(12-10-14)26-13-5-8-18(24)22-23-19(27)21-17-7-4-3-6-16(17)20/h3-4,6-7,9-12H,2,5,8,13H2,1H3,(H,22,24)(H2,21,23,27). The van der Waals surface area contributed by atoms with Gasteiger partial charge in [-0.2, -0.15) is 0 Å². The van der Waals surface area contributed by atoms with E-state index in [2.05, 4.69) is 16.2 Å². The van der Waals surface area contributed by atoms with Gasteiger partial charge in [-0.1, -0.05) is 12.1 Å². The van der Waals surface area contributed by atoms with Gasteiger partial charge in [0.15, 0.2) is 5.11 Å². The first-order chi connectivity index (χ1) is 13.1. The quantitative estimate of drug-likeness (QED) is 0.364. The molecule has 3 N–H and O–H groups in total. The van der Waals surface area contributed by atoms with E-state index in [0.717, 1.165) is 5.75 Å². The summed E-state index contributed by atoms with van der Waals surface area (Å²) in [5, 5.41) is 2.76. The second-order valence-corrected chi connectivity index (χ2v) is 5.87. The first kappa shape index (κ1) is 20.4. The molecule has 8 heteroatoms. The van der Waals surface area contributed by atoms with E-state index in [4.69, 9.17) is 21.7 Å². The van der Waals surface area contributed by atoms with Crippen molar-refractivity contribution in [2.75, 3.05) is 18.5 Å². The Hall–Kier alpha value is -2.87. The number of amides is 1. The van der Waals surface area contributed by atoms with E-state index in [9.17, 15) is 9.18 Å². The van der Waals surface area contributed by atoms with Crippen LogP contribution in [0, 0.1) is 5.82 Å². The molecular weight excluding hydrogens is 369 g/mol.